The van der Waals surface area contributed by atoms with E-state index in [0.717, 1.165) is 32.1 Å². The minimum atomic E-state index is -1.22. The molecule has 0 radical (unpaired) electrons. The molecule has 1 unspecified atom stereocenters. The molecule has 0 aromatic carbocycles. The number of rotatable bonds is 7. The van der Waals surface area contributed by atoms with Gasteiger partial charge in [-0.2, -0.15) is 0 Å². The summed E-state index contributed by atoms with van der Waals surface area (Å²) in [4.78, 5) is 0. The molecular formula is C15H28O6. The predicted molar refractivity (Wildman–Crippen MR) is 75.3 cm³/mol. The highest BCUT2D eigenvalue weighted by atomic mass is 16.7. The lowest BCUT2D eigenvalue weighted by molar-refractivity contribution is -0.302. The normalized spacial score (nSPS) is 41.6. The molecule has 124 valence electrons. The van der Waals surface area contributed by atoms with Crippen LogP contribution in [0.2, 0.25) is 0 Å². The van der Waals surface area contributed by atoms with Crippen molar-refractivity contribution in [1.29, 1.82) is 0 Å². The molecule has 6 heteroatoms. The molecule has 5 atom stereocenters. The third-order valence-electron chi connectivity index (χ3n) is 5.47. The van der Waals surface area contributed by atoms with E-state index in [2.05, 4.69) is 0 Å². The Hall–Kier alpha value is -0.240. The molecule has 21 heavy (non-hydrogen) atoms. The number of aliphatic hydroxyl groups is 4. The van der Waals surface area contributed by atoms with Gasteiger partial charge >= 0.3 is 0 Å². The van der Waals surface area contributed by atoms with Gasteiger partial charge in [-0.15, -0.1) is 0 Å². The van der Waals surface area contributed by atoms with Gasteiger partial charge in [-0.05, 0) is 39.0 Å². The maximum atomic E-state index is 10.6. The first kappa shape index (κ1) is 17.1. The van der Waals surface area contributed by atoms with Crippen molar-refractivity contribution < 1.29 is 29.9 Å². The van der Waals surface area contributed by atoms with Crippen molar-refractivity contribution in [1.82, 2.24) is 0 Å². The highest BCUT2D eigenvalue weighted by Gasteiger charge is 2.53. The van der Waals surface area contributed by atoms with Crippen LogP contribution in [-0.4, -0.2) is 57.9 Å². The maximum Gasteiger partial charge on any atom is 0.185 e. The first-order valence-electron chi connectivity index (χ1n) is 7.85. The number of hydrogen-bond acceptors (Lipinski definition) is 6. The van der Waals surface area contributed by atoms with Crippen molar-refractivity contribution in [2.24, 2.45) is 11.8 Å². The third kappa shape index (κ3) is 3.11. The molecule has 0 spiro atoms. The van der Waals surface area contributed by atoms with Gasteiger partial charge in [0, 0.05) is 25.0 Å². The lowest BCUT2D eigenvalue weighted by Crippen LogP contribution is -2.54. The Morgan fingerprint density at radius 1 is 1.05 bits per heavy atom. The zero-order chi connectivity index (χ0) is 15.5. The van der Waals surface area contributed by atoms with Crippen LogP contribution in [0.25, 0.3) is 0 Å². The molecule has 2 saturated carbocycles. The molecule has 0 aromatic rings. The van der Waals surface area contributed by atoms with Crippen molar-refractivity contribution in [3.63, 3.8) is 0 Å². The molecule has 0 heterocycles. The summed E-state index contributed by atoms with van der Waals surface area (Å²) >= 11 is 0. The molecule has 0 aliphatic heterocycles. The van der Waals surface area contributed by atoms with E-state index in [-0.39, 0.29) is 25.0 Å². The Morgan fingerprint density at radius 3 is 2.29 bits per heavy atom. The summed E-state index contributed by atoms with van der Waals surface area (Å²) in [6.07, 6.45) is 3.46. The molecule has 6 nitrogen and oxygen atoms in total. The maximum absolute atomic E-state index is 10.6. The van der Waals surface area contributed by atoms with E-state index in [0.29, 0.717) is 6.42 Å². The highest BCUT2D eigenvalue weighted by molar-refractivity contribution is 4.99. The summed E-state index contributed by atoms with van der Waals surface area (Å²) in [5.41, 5.74) is -1.66. The quantitative estimate of drug-likeness (QED) is 0.507. The second-order valence-electron chi connectivity index (χ2n) is 6.55. The van der Waals surface area contributed by atoms with E-state index in [9.17, 15) is 15.3 Å². The Balaban J connectivity index is 2.14. The zero-order valence-electron chi connectivity index (χ0n) is 12.7. The fourth-order valence-electron chi connectivity index (χ4n) is 4.03. The average Bonchev–Trinajstić information content (AvgIpc) is 3.03. The topological polar surface area (TPSA) is 99.4 Å². The summed E-state index contributed by atoms with van der Waals surface area (Å²) < 4.78 is 11.4. The van der Waals surface area contributed by atoms with E-state index < -0.39 is 24.3 Å². The SMILES string of the molecule is C[C@]1(OC(O)[C@]2(OCO)CCC[C@@H]2CO)CCC[C@@H]1CO. The van der Waals surface area contributed by atoms with Crippen molar-refractivity contribution in [3.8, 4) is 0 Å². The lowest BCUT2D eigenvalue weighted by Gasteiger charge is -2.42. The minimum absolute atomic E-state index is 0.00712. The molecule has 2 rings (SSSR count). The van der Waals surface area contributed by atoms with Gasteiger partial charge in [-0.25, -0.2) is 0 Å². The van der Waals surface area contributed by atoms with Gasteiger partial charge in [0.2, 0.25) is 0 Å². The second kappa shape index (κ2) is 6.89. The van der Waals surface area contributed by atoms with Crippen molar-refractivity contribution in [2.75, 3.05) is 20.0 Å². The molecule has 2 aliphatic carbocycles. The molecule has 2 fully saturated rings. The van der Waals surface area contributed by atoms with Gasteiger partial charge in [0.15, 0.2) is 6.29 Å². The summed E-state index contributed by atoms with van der Waals surface area (Å²) in [6, 6.07) is 0. The number of ether oxygens (including phenoxy) is 2. The first-order valence-corrected chi connectivity index (χ1v) is 7.85. The monoisotopic (exact) mass is 304 g/mol. The Bertz CT molecular complexity index is 338. The van der Waals surface area contributed by atoms with Gasteiger partial charge in [-0.1, -0.05) is 6.42 Å². The summed E-state index contributed by atoms with van der Waals surface area (Å²) in [6.45, 7) is 1.30. The van der Waals surface area contributed by atoms with Gasteiger partial charge in [-0.3, -0.25) is 0 Å². The molecule has 0 saturated heterocycles. The van der Waals surface area contributed by atoms with Gasteiger partial charge in [0.25, 0.3) is 0 Å². The molecule has 0 amide bonds. The fourth-order valence-corrected chi connectivity index (χ4v) is 4.03. The summed E-state index contributed by atoms with van der Waals surface area (Å²) in [7, 11) is 0. The molecule has 0 bridgehead atoms. The smallest absolute Gasteiger partial charge is 0.185 e. The van der Waals surface area contributed by atoms with E-state index in [1.807, 2.05) is 6.92 Å². The van der Waals surface area contributed by atoms with Crippen LogP contribution in [0, 0.1) is 11.8 Å². The minimum Gasteiger partial charge on any atom is -0.396 e. The number of aliphatic hydroxyl groups excluding tert-OH is 4. The van der Waals surface area contributed by atoms with Gasteiger partial charge < -0.3 is 29.9 Å². The summed E-state index contributed by atoms with van der Waals surface area (Å²) in [5.74, 6) is -0.260. The van der Waals surface area contributed by atoms with Crippen LogP contribution in [0.5, 0.6) is 0 Å². The van der Waals surface area contributed by atoms with Crippen LogP contribution < -0.4 is 0 Å². The van der Waals surface area contributed by atoms with Crippen molar-refractivity contribution in [2.45, 2.75) is 62.9 Å². The second-order valence-corrected chi connectivity index (χ2v) is 6.55. The first-order chi connectivity index (χ1) is 10.0. The number of hydrogen-bond donors (Lipinski definition) is 4. The Labute approximate surface area is 125 Å². The standard InChI is InChI=1S/C15H28O6/c1-14(6-2-4-11(14)8-16)21-13(19)15(20-10-18)7-3-5-12(15)9-17/h11-13,16-19H,2-10H2,1H3/t11-,12-,13?,14+,15+/m1/s1. The summed E-state index contributed by atoms with van der Waals surface area (Å²) in [5, 5.41) is 38.8. The zero-order valence-corrected chi connectivity index (χ0v) is 12.7. The Morgan fingerprint density at radius 2 is 1.67 bits per heavy atom. The van der Waals surface area contributed by atoms with Gasteiger partial charge in [0.1, 0.15) is 12.4 Å². The lowest BCUT2D eigenvalue weighted by atomic mass is 9.88. The van der Waals surface area contributed by atoms with Crippen LogP contribution >= 0.6 is 0 Å². The largest absolute Gasteiger partial charge is 0.396 e. The average molecular weight is 304 g/mol. The van der Waals surface area contributed by atoms with Crippen LogP contribution in [0.4, 0.5) is 0 Å². The Kier molecular flexibility index (Phi) is 5.62. The molecule has 2 aliphatic rings. The molecular weight excluding hydrogens is 276 g/mol. The van der Waals surface area contributed by atoms with E-state index in [1.165, 1.54) is 0 Å². The van der Waals surface area contributed by atoms with E-state index in [4.69, 9.17) is 14.6 Å². The van der Waals surface area contributed by atoms with E-state index in [1.54, 1.807) is 0 Å². The van der Waals surface area contributed by atoms with E-state index >= 15 is 0 Å². The molecule has 0 aromatic heterocycles. The van der Waals surface area contributed by atoms with Crippen LogP contribution in [0.1, 0.15) is 45.4 Å². The van der Waals surface area contributed by atoms with Crippen molar-refractivity contribution >= 4 is 0 Å². The highest BCUT2D eigenvalue weighted by Crippen LogP contribution is 2.45. The van der Waals surface area contributed by atoms with Gasteiger partial charge in [0.05, 0.1) is 5.60 Å². The molecule has 4 N–H and O–H groups in total. The predicted octanol–water partition coefficient (Wildman–Crippen LogP) is 0.370. The fraction of sp³-hybridized carbons (Fsp3) is 1.00. The third-order valence-corrected chi connectivity index (χ3v) is 5.47. The van der Waals surface area contributed by atoms with Crippen LogP contribution in [-0.2, 0) is 9.47 Å². The van der Waals surface area contributed by atoms with Crippen LogP contribution in [0.3, 0.4) is 0 Å². The van der Waals surface area contributed by atoms with Crippen molar-refractivity contribution in [3.05, 3.63) is 0 Å². The van der Waals surface area contributed by atoms with Crippen LogP contribution in [0.15, 0.2) is 0 Å².